The summed E-state index contributed by atoms with van der Waals surface area (Å²) in [5.74, 6) is 0. The smallest absolute Gasteiger partial charge is 0.275 e. The molecule has 0 aliphatic heterocycles. The van der Waals surface area contributed by atoms with Crippen LogP contribution in [0.1, 0.15) is 31.2 Å². The zero-order chi connectivity index (χ0) is 13.1. The van der Waals surface area contributed by atoms with E-state index in [1.165, 1.54) is 31.7 Å². The van der Waals surface area contributed by atoms with Crippen LogP contribution in [-0.2, 0) is 6.61 Å². The maximum Gasteiger partial charge on any atom is 0.275 e. The summed E-state index contributed by atoms with van der Waals surface area (Å²) in [6.07, 6.45) is 4.83. The number of rotatable bonds is 4. The molecule has 1 aromatic carbocycles. The maximum atomic E-state index is 10.8. The second kappa shape index (κ2) is 5.35. The standard InChI is InChI=1S/C13H18N2O3/c1-14(11-4-2-3-5-11)12-6-7-13(15(17)18)10(8-12)9-16/h6-8,11,16H,2-5,9H2,1H3. The number of nitrogens with zero attached hydrogens (tertiary/aromatic N) is 2. The van der Waals surface area contributed by atoms with Gasteiger partial charge in [-0.2, -0.15) is 0 Å². The van der Waals surface area contributed by atoms with Crippen LogP contribution in [0.3, 0.4) is 0 Å². The highest BCUT2D eigenvalue weighted by Gasteiger charge is 2.21. The lowest BCUT2D eigenvalue weighted by atomic mass is 10.1. The van der Waals surface area contributed by atoms with Crippen LogP contribution in [0.5, 0.6) is 0 Å². The molecule has 0 bridgehead atoms. The molecule has 5 nitrogen and oxygen atoms in total. The first kappa shape index (κ1) is 12.8. The molecule has 2 rings (SSSR count). The molecule has 1 N–H and O–H groups in total. The molecule has 1 aliphatic rings. The Bertz CT molecular complexity index is 442. The fourth-order valence-corrected chi connectivity index (χ4v) is 2.60. The van der Waals surface area contributed by atoms with Crippen molar-refractivity contribution in [3.05, 3.63) is 33.9 Å². The lowest BCUT2D eigenvalue weighted by Crippen LogP contribution is -2.28. The Labute approximate surface area is 106 Å². The third kappa shape index (κ3) is 2.46. The van der Waals surface area contributed by atoms with Crippen LogP contribution in [0, 0.1) is 10.1 Å². The molecule has 0 amide bonds. The Hall–Kier alpha value is -1.62. The first-order valence-corrected chi connectivity index (χ1v) is 6.24. The number of benzene rings is 1. The molecule has 5 heteroatoms. The van der Waals surface area contributed by atoms with E-state index in [0.717, 1.165) is 5.69 Å². The molecule has 0 unspecified atom stereocenters. The third-order valence-electron chi connectivity index (χ3n) is 3.71. The van der Waals surface area contributed by atoms with E-state index in [2.05, 4.69) is 4.90 Å². The van der Waals surface area contributed by atoms with Crippen LogP contribution in [-0.4, -0.2) is 23.1 Å². The number of nitro benzene ring substituents is 1. The summed E-state index contributed by atoms with van der Waals surface area (Å²) in [5, 5.41) is 20.0. The van der Waals surface area contributed by atoms with Gasteiger partial charge in [0.2, 0.25) is 0 Å². The minimum absolute atomic E-state index is 0.0129. The van der Waals surface area contributed by atoms with Crippen molar-refractivity contribution in [3.8, 4) is 0 Å². The highest BCUT2D eigenvalue weighted by molar-refractivity contribution is 5.55. The van der Waals surface area contributed by atoms with Gasteiger partial charge in [0.05, 0.1) is 17.1 Å². The Morgan fingerprint density at radius 3 is 2.67 bits per heavy atom. The Balaban J connectivity index is 2.26. The largest absolute Gasteiger partial charge is 0.391 e. The van der Waals surface area contributed by atoms with Gasteiger partial charge in [0, 0.05) is 24.8 Å². The second-order valence-electron chi connectivity index (χ2n) is 4.78. The molecule has 98 valence electrons. The van der Waals surface area contributed by atoms with Gasteiger partial charge in [-0.05, 0) is 25.0 Å². The summed E-state index contributed by atoms with van der Waals surface area (Å²) >= 11 is 0. The van der Waals surface area contributed by atoms with E-state index >= 15 is 0 Å². The summed E-state index contributed by atoms with van der Waals surface area (Å²) < 4.78 is 0. The van der Waals surface area contributed by atoms with E-state index in [1.807, 2.05) is 7.05 Å². The van der Waals surface area contributed by atoms with Crippen molar-refractivity contribution in [1.82, 2.24) is 0 Å². The molecule has 18 heavy (non-hydrogen) atoms. The number of aliphatic hydroxyl groups is 1. The minimum Gasteiger partial charge on any atom is -0.391 e. The highest BCUT2D eigenvalue weighted by Crippen LogP contribution is 2.30. The summed E-state index contributed by atoms with van der Waals surface area (Å²) in [5.41, 5.74) is 1.31. The lowest BCUT2D eigenvalue weighted by Gasteiger charge is -2.26. The molecule has 0 radical (unpaired) electrons. The number of anilines is 1. The molecule has 0 atom stereocenters. The molecular weight excluding hydrogens is 232 g/mol. The molecular formula is C13H18N2O3. The van der Waals surface area contributed by atoms with Gasteiger partial charge in [-0.3, -0.25) is 10.1 Å². The zero-order valence-electron chi connectivity index (χ0n) is 10.5. The average molecular weight is 250 g/mol. The van der Waals surface area contributed by atoms with Gasteiger partial charge < -0.3 is 10.0 Å². The third-order valence-corrected chi connectivity index (χ3v) is 3.71. The molecule has 0 heterocycles. The monoisotopic (exact) mass is 250 g/mol. The maximum absolute atomic E-state index is 10.8. The van der Waals surface area contributed by atoms with Crippen molar-refractivity contribution in [2.24, 2.45) is 0 Å². The second-order valence-corrected chi connectivity index (χ2v) is 4.78. The van der Waals surface area contributed by atoms with E-state index in [9.17, 15) is 15.2 Å². The molecule has 1 saturated carbocycles. The van der Waals surface area contributed by atoms with Crippen molar-refractivity contribution in [2.75, 3.05) is 11.9 Å². The van der Waals surface area contributed by atoms with Crippen molar-refractivity contribution >= 4 is 11.4 Å². The SMILES string of the molecule is CN(c1ccc([N+](=O)[O-])c(CO)c1)C1CCCC1. The van der Waals surface area contributed by atoms with Gasteiger partial charge in [-0.25, -0.2) is 0 Å². The van der Waals surface area contributed by atoms with Crippen molar-refractivity contribution in [2.45, 2.75) is 38.3 Å². The predicted octanol–water partition coefficient (Wildman–Crippen LogP) is 2.47. The fourth-order valence-electron chi connectivity index (χ4n) is 2.60. The quantitative estimate of drug-likeness (QED) is 0.658. The lowest BCUT2D eigenvalue weighted by molar-refractivity contribution is -0.385. The number of nitro groups is 1. The molecule has 0 aromatic heterocycles. The van der Waals surface area contributed by atoms with Crippen molar-refractivity contribution in [3.63, 3.8) is 0 Å². The van der Waals surface area contributed by atoms with Gasteiger partial charge >= 0.3 is 0 Å². The fraction of sp³-hybridized carbons (Fsp3) is 0.538. The average Bonchev–Trinajstić information content (AvgIpc) is 2.90. The van der Waals surface area contributed by atoms with Crippen LogP contribution < -0.4 is 4.90 Å². The van der Waals surface area contributed by atoms with E-state index in [0.29, 0.717) is 11.6 Å². The van der Waals surface area contributed by atoms with Gasteiger partial charge in [0.25, 0.3) is 5.69 Å². The summed E-state index contributed by atoms with van der Waals surface area (Å²) in [4.78, 5) is 12.5. The van der Waals surface area contributed by atoms with E-state index in [-0.39, 0.29) is 12.3 Å². The van der Waals surface area contributed by atoms with Crippen LogP contribution in [0.25, 0.3) is 0 Å². The topological polar surface area (TPSA) is 66.6 Å². The molecule has 1 aliphatic carbocycles. The van der Waals surface area contributed by atoms with Crippen molar-refractivity contribution < 1.29 is 10.0 Å². The Morgan fingerprint density at radius 1 is 1.44 bits per heavy atom. The van der Waals surface area contributed by atoms with Gasteiger partial charge in [-0.15, -0.1) is 0 Å². The van der Waals surface area contributed by atoms with Crippen molar-refractivity contribution in [1.29, 1.82) is 0 Å². The number of hydrogen-bond acceptors (Lipinski definition) is 4. The molecule has 1 fully saturated rings. The van der Waals surface area contributed by atoms with Gasteiger partial charge in [0.15, 0.2) is 0 Å². The zero-order valence-corrected chi connectivity index (χ0v) is 10.5. The van der Waals surface area contributed by atoms with Crippen LogP contribution in [0.15, 0.2) is 18.2 Å². The van der Waals surface area contributed by atoms with Gasteiger partial charge in [0.1, 0.15) is 0 Å². The number of aliphatic hydroxyl groups excluding tert-OH is 1. The summed E-state index contributed by atoms with van der Waals surface area (Å²) in [6.45, 7) is -0.303. The first-order chi connectivity index (χ1) is 8.63. The van der Waals surface area contributed by atoms with E-state index < -0.39 is 4.92 Å². The van der Waals surface area contributed by atoms with Crippen LogP contribution in [0.4, 0.5) is 11.4 Å². The Morgan fingerprint density at radius 2 is 2.11 bits per heavy atom. The first-order valence-electron chi connectivity index (χ1n) is 6.24. The number of hydrogen-bond donors (Lipinski definition) is 1. The molecule has 1 aromatic rings. The normalized spacial score (nSPS) is 15.9. The van der Waals surface area contributed by atoms with E-state index in [4.69, 9.17) is 0 Å². The molecule has 0 saturated heterocycles. The predicted molar refractivity (Wildman–Crippen MR) is 69.7 cm³/mol. The van der Waals surface area contributed by atoms with Gasteiger partial charge in [-0.1, -0.05) is 12.8 Å². The Kier molecular flexibility index (Phi) is 3.81. The summed E-state index contributed by atoms with van der Waals surface area (Å²) in [6, 6.07) is 5.47. The minimum atomic E-state index is -0.453. The van der Waals surface area contributed by atoms with Crippen LogP contribution >= 0.6 is 0 Å². The molecule has 0 spiro atoms. The summed E-state index contributed by atoms with van der Waals surface area (Å²) in [7, 11) is 2.01. The van der Waals surface area contributed by atoms with Crippen LogP contribution in [0.2, 0.25) is 0 Å². The van der Waals surface area contributed by atoms with E-state index in [1.54, 1.807) is 12.1 Å². The highest BCUT2D eigenvalue weighted by atomic mass is 16.6.